The van der Waals surface area contributed by atoms with Crippen molar-refractivity contribution in [2.75, 3.05) is 13.1 Å². The molecule has 1 rings (SSSR count). The van der Waals surface area contributed by atoms with E-state index in [4.69, 9.17) is 10.00 Å². The van der Waals surface area contributed by atoms with Crippen molar-refractivity contribution in [2.24, 2.45) is 0 Å². The third-order valence-corrected chi connectivity index (χ3v) is 2.66. The lowest BCUT2D eigenvalue weighted by Gasteiger charge is -2.22. The zero-order chi connectivity index (χ0) is 17.5. The first-order chi connectivity index (χ1) is 10.6. The highest BCUT2D eigenvalue weighted by Crippen LogP contribution is 2.12. The van der Waals surface area contributed by atoms with Gasteiger partial charge in [-0.2, -0.15) is 5.26 Å². The lowest BCUT2D eigenvalue weighted by molar-refractivity contribution is -0.00376. The van der Waals surface area contributed by atoms with Crippen LogP contribution in [0.1, 0.15) is 31.9 Å². The number of carbonyl (C=O) groups excluding carboxylic acids is 1. The van der Waals surface area contributed by atoms with Crippen LogP contribution in [0.25, 0.3) is 0 Å². The van der Waals surface area contributed by atoms with E-state index in [0.717, 1.165) is 5.56 Å². The molecule has 2 N–H and O–H groups in total. The first-order valence-electron chi connectivity index (χ1n) is 7.16. The van der Waals surface area contributed by atoms with Crippen LogP contribution in [-0.2, 0) is 11.3 Å². The van der Waals surface area contributed by atoms with E-state index in [9.17, 15) is 13.6 Å². The van der Waals surface area contributed by atoms with E-state index in [1.54, 1.807) is 45.0 Å². The van der Waals surface area contributed by atoms with Crippen molar-refractivity contribution in [3.63, 3.8) is 0 Å². The Morgan fingerprint density at radius 2 is 2.00 bits per heavy atom. The summed E-state index contributed by atoms with van der Waals surface area (Å²) in [5.74, 6) is -3.11. The number of hydrogen-bond donors (Lipinski definition) is 2. The maximum absolute atomic E-state index is 13.7. The van der Waals surface area contributed by atoms with E-state index in [1.165, 1.54) is 0 Å². The summed E-state index contributed by atoms with van der Waals surface area (Å²) in [5.41, 5.74) is 0.478. The number of nitrogens with zero attached hydrogens (tertiary/aromatic N) is 1. The minimum Gasteiger partial charge on any atom is -0.444 e. The Balaban J connectivity index is 2.37. The van der Waals surface area contributed by atoms with E-state index < -0.39 is 30.7 Å². The van der Waals surface area contributed by atoms with Gasteiger partial charge < -0.3 is 15.4 Å². The number of rotatable bonds is 6. The van der Waals surface area contributed by atoms with Gasteiger partial charge in [-0.05, 0) is 38.5 Å². The zero-order valence-corrected chi connectivity index (χ0v) is 13.5. The number of halogens is 2. The molecule has 0 saturated heterocycles. The Labute approximate surface area is 134 Å². The summed E-state index contributed by atoms with van der Waals surface area (Å²) in [7, 11) is 0. The van der Waals surface area contributed by atoms with Crippen LogP contribution in [0.2, 0.25) is 0 Å². The fourth-order valence-electron chi connectivity index (χ4n) is 1.72. The van der Waals surface area contributed by atoms with Gasteiger partial charge in [-0.1, -0.05) is 12.1 Å². The SMILES string of the molecule is CC(C)(C)OC(=O)NCC(F)(F)CNCc1cccc(C#N)c1. The summed E-state index contributed by atoms with van der Waals surface area (Å²) in [6.07, 6.45) is -0.876. The zero-order valence-electron chi connectivity index (χ0n) is 13.5. The lowest BCUT2D eigenvalue weighted by Crippen LogP contribution is -2.44. The van der Waals surface area contributed by atoms with Crippen LogP contribution in [0.15, 0.2) is 24.3 Å². The molecule has 126 valence electrons. The van der Waals surface area contributed by atoms with Gasteiger partial charge in [0, 0.05) is 6.54 Å². The van der Waals surface area contributed by atoms with Crippen molar-refractivity contribution in [1.29, 1.82) is 5.26 Å². The summed E-state index contributed by atoms with van der Waals surface area (Å²) in [4.78, 5) is 11.4. The minimum absolute atomic E-state index is 0.206. The van der Waals surface area contributed by atoms with Crippen LogP contribution in [-0.4, -0.2) is 30.7 Å². The van der Waals surface area contributed by atoms with Crippen LogP contribution < -0.4 is 10.6 Å². The Hall–Kier alpha value is -2.20. The van der Waals surface area contributed by atoms with E-state index in [2.05, 4.69) is 10.6 Å². The first-order valence-corrected chi connectivity index (χ1v) is 7.16. The smallest absolute Gasteiger partial charge is 0.407 e. The van der Waals surface area contributed by atoms with Crippen molar-refractivity contribution >= 4 is 6.09 Å². The molecule has 0 radical (unpaired) electrons. The van der Waals surface area contributed by atoms with Gasteiger partial charge >= 0.3 is 6.09 Å². The summed E-state index contributed by atoms with van der Waals surface area (Å²) in [6, 6.07) is 8.69. The molecular weight excluding hydrogens is 304 g/mol. The average molecular weight is 325 g/mol. The quantitative estimate of drug-likeness (QED) is 0.843. The lowest BCUT2D eigenvalue weighted by atomic mass is 10.1. The largest absolute Gasteiger partial charge is 0.444 e. The number of benzene rings is 1. The molecule has 0 atom stereocenters. The Bertz CT molecular complexity index is 577. The van der Waals surface area contributed by atoms with Crippen molar-refractivity contribution < 1.29 is 18.3 Å². The van der Waals surface area contributed by atoms with Gasteiger partial charge in [-0.15, -0.1) is 0 Å². The second kappa shape index (κ2) is 7.88. The van der Waals surface area contributed by atoms with Crippen LogP contribution >= 0.6 is 0 Å². The maximum atomic E-state index is 13.7. The average Bonchev–Trinajstić information content (AvgIpc) is 2.44. The number of nitrogens with one attached hydrogen (secondary N) is 2. The Kier molecular flexibility index (Phi) is 6.46. The monoisotopic (exact) mass is 325 g/mol. The molecule has 0 heterocycles. The highest BCUT2D eigenvalue weighted by atomic mass is 19.3. The Morgan fingerprint density at radius 3 is 2.61 bits per heavy atom. The van der Waals surface area contributed by atoms with E-state index >= 15 is 0 Å². The number of ether oxygens (including phenoxy) is 1. The van der Waals surface area contributed by atoms with Gasteiger partial charge in [-0.25, -0.2) is 13.6 Å². The third-order valence-electron chi connectivity index (χ3n) is 2.66. The molecule has 0 aliphatic carbocycles. The molecule has 0 saturated carbocycles. The fraction of sp³-hybridized carbons (Fsp3) is 0.500. The van der Waals surface area contributed by atoms with Gasteiger partial charge in [0.25, 0.3) is 5.92 Å². The topological polar surface area (TPSA) is 74.2 Å². The van der Waals surface area contributed by atoms with E-state index in [0.29, 0.717) is 5.56 Å². The molecule has 0 spiro atoms. The van der Waals surface area contributed by atoms with Gasteiger partial charge in [-0.3, -0.25) is 0 Å². The number of hydrogen-bond acceptors (Lipinski definition) is 4. The summed E-state index contributed by atoms with van der Waals surface area (Å²) in [6.45, 7) is 3.76. The molecule has 0 aromatic heterocycles. The number of alkyl halides is 2. The molecule has 0 fully saturated rings. The molecule has 23 heavy (non-hydrogen) atoms. The van der Waals surface area contributed by atoms with Gasteiger partial charge in [0.05, 0.1) is 24.7 Å². The van der Waals surface area contributed by atoms with Crippen LogP contribution in [0.4, 0.5) is 13.6 Å². The summed E-state index contributed by atoms with van der Waals surface area (Å²) in [5, 5.41) is 13.4. The number of carbonyl (C=O) groups is 1. The van der Waals surface area contributed by atoms with Crippen molar-refractivity contribution in [3.05, 3.63) is 35.4 Å². The third kappa shape index (κ3) is 8.12. The van der Waals surface area contributed by atoms with Crippen LogP contribution in [0, 0.1) is 11.3 Å². The standard InChI is InChI=1S/C16H21F2N3O2/c1-15(2,3)23-14(22)21-11-16(17,18)10-20-9-13-6-4-5-12(7-13)8-19/h4-7,20H,9-11H2,1-3H3,(H,21,22). The molecule has 1 amide bonds. The van der Waals surface area contributed by atoms with Crippen molar-refractivity contribution in [2.45, 2.75) is 38.8 Å². The van der Waals surface area contributed by atoms with Gasteiger partial charge in [0.15, 0.2) is 0 Å². The first kappa shape index (κ1) is 18.8. The number of alkyl carbamates (subject to hydrolysis) is 1. The molecule has 0 aliphatic heterocycles. The molecule has 0 aliphatic rings. The number of nitriles is 1. The highest BCUT2D eigenvalue weighted by molar-refractivity contribution is 5.67. The highest BCUT2D eigenvalue weighted by Gasteiger charge is 2.30. The van der Waals surface area contributed by atoms with Gasteiger partial charge in [0.2, 0.25) is 0 Å². The normalized spacial score (nSPS) is 11.7. The minimum atomic E-state index is -3.11. The second-order valence-electron chi connectivity index (χ2n) is 6.13. The maximum Gasteiger partial charge on any atom is 0.407 e. The van der Waals surface area contributed by atoms with Crippen molar-refractivity contribution in [3.8, 4) is 6.07 Å². The summed E-state index contributed by atoms with van der Waals surface area (Å²) < 4.78 is 32.3. The van der Waals surface area contributed by atoms with Crippen LogP contribution in [0.3, 0.4) is 0 Å². The molecular formula is C16H21F2N3O2. The van der Waals surface area contributed by atoms with Gasteiger partial charge in [0.1, 0.15) is 5.60 Å². The molecule has 0 unspecified atom stereocenters. The molecule has 1 aromatic carbocycles. The second-order valence-corrected chi connectivity index (χ2v) is 6.13. The van der Waals surface area contributed by atoms with E-state index in [-0.39, 0.29) is 6.54 Å². The molecule has 1 aromatic rings. The predicted molar refractivity (Wildman–Crippen MR) is 82.0 cm³/mol. The predicted octanol–water partition coefficient (Wildman–Crippen LogP) is 2.81. The summed E-state index contributed by atoms with van der Waals surface area (Å²) >= 11 is 0. The molecule has 0 bridgehead atoms. The fourth-order valence-corrected chi connectivity index (χ4v) is 1.72. The molecule has 7 heteroatoms. The van der Waals surface area contributed by atoms with Crippen molar-refractivity contribution in [1.82, 2.24) is 10.6 Å². The number of amides is 1. The van der Waals surface area contributed by atoms with E-state index in [1.807, 2.05) is 6.07 Å². The Morgan fingerprint density at radius 1 is 1.30 bits per heavy atom. The van der Waals surface area contributed by atoms with Crippen LogP contribution in [0.5, 0.6) is 0 Å². The molecule has 5 nitrogen and oxygen atoms in total.